The molecule has 3 nitrogen and oxygen atoms in total. The fourth-order valence-corrected chi connectivity index (χ4v) is 3.70. The molecule has 3 heteroatoms. The normalized spacial score (nSPS) is 10.7. The second-order valence-corrected chi connectivity index (χ2v) is 7.17. The molecule has 0 saturated carbocycles. The van der Waals surface area contributed by atoms with Crippen molar-refractivity contribution in [2.75, 3.05) is 6.61 Å². The van der Waals surface area contributed by atoms with E-state index in [0.29, 0.717) is 35.6 Å². The first-order valence-corrected chi connectivity index (χ1v) is 9.98. The predicted molar refractivity (Wildman–Crippen MR) is 121 cm³/mol. The number of pyridine rings is 1. The lowest BCUT2D eigenvalue weighted by atomic mass is 9.92. The number of para-hydroxylation sites is 1. The van der Waals surface area contributed by atoms with Gasteiger partial charge < -0.3 is 4.74 Å². The minimum Gasteiger partial charge on any atom is -0.488 e. The van der Waals surface area contributed by atoms with Gasteiger partial charge in [0.25, 0.3) is 0 Å². The van der Waals surface area contributed by atoms with Crippen LogP contribution in [-0.2, 0) is 6.42 Å². The Morgan fingerprint density at radius 1 is 0.967 bits per heavy atom. The maximum absolute atomic E-state index is 13.8. The smallest absolute Gasteiger partial charge is 0.198 e. The number of carbonyl (C=O) groups excluding carboxylic acids is 1. The van der Waals surface area contributed by atoms with Crippen molar-refractivity contribution in [3.63, 3.8) is 0 Å². The zero-order chi connectivity index (χ0) is 20.9. The van der Waals surface area contributed by atoms with Crippen molar-refractivity contribution in [3.05, 3.63) is 119 Å². The molecule has 30 heavy (non-hydrogen) atoms. The van der Waals surface area contributed by atoms with Crippen LogP contribution in [0.2, 0.25) is 0 Å². The van der Waals surface area contributed by atoms with Crippen LogP contribution in [0, 0.1) is 6.92 Å². The monoisotopic (exact) mass is 393 g/mol. The van der Waals surface area contributed by atoms with Gasteiger partial charge in [-0.3, -0.25) is 9.78 Å². The Kier molecular flexibility index (Phi) is 5.71. The summed E-state index contributed by atoms with van der Waals surface area (Å²) in [4.78, 5) is 18.4. The summed E-state index contributed by atoms with van der Waals surface area (Å²) in [5.41, 5.74) is 4.79. The van der Waals surface area contributed by atoms with Gasteiger partial charge in [0.1, 0.15) is 12.4 Å². The Morgan fingerprint density at radius 2 is 1.67 bits per heavy atom. The number of aryl methyl sites for hydroxylation is 1. The number of hydrogen-bond acceptors (Lipinski definition) is 3. The highest BCUT2D eigenvalue weighted by Gasteiger charge is 2.23. The first kappa shape index (κ1) is 19.6. The van der Waals surface area contributed by atoms with Gasteiger partial charge in [-0.2, -0.15) is 0 Å². The lowest BCUT2D eigenvalue weighted by Gasteiger charge is -2.16. The number of aromatic nitrogens is 1. The molecule has 0 aliphatic carbocycles. The van der Waals surface area contributed by atoms with Crippen molar-refractivity contribution in [2.45, 2.75) is 13.3 Å². The molecule has 4 aromatic rings. The van der Waals surface area contributed by atoms with Crippen molar-refractivity contribution in [2.24, 2.45) is 0 Å². The van der Waals surface area contributed by atoms with E-state index < -0.39 is 0 Å². The van der Waals surface area contributed by atoms with E-state index in [-0.39, 0.29) is 5.78 Å². The number of ether oxygens (including phenoxy) is 1. The van der Waals surface area contributed by atoms with Gasteiger partial charge in [0.05, 0.1) is 16.8 Å². The van der Waals surface area contributed by atoms with Crippen LogP contribution in [-0.4, -0.2) is 17.4 Å². The first-order valence-electron chi connectivity index (χ1n) is 9.98. The predicted octanol–water partition coefficient (Wildman–Crippen LogP) is 5.93. The summed E-state index contributed by atoms with van der Waals surface area (Å²) in [5.74, 6) is 0.494. The number of carbonyl (C=O) groups is 1. The SMILES string of the molecule is C=CCOc1c(C(=O)c2ccccc2Cc2ccccc2)c(C)nc2ccccc12. The maximum atomic E-state index is 13.8. The third-order valence-electron chi connectivity index (χ3n) is 5.10. The zero-order valence-corrected chi connectivity index (χ0v) is 17.0. The first-order chi connectivity index (χ1) is 14.7. The van der Waals surface area contributed by atoms with E-state index in [2.05, 4.69) is 23.7 Å². The van der Waals surface area contributed by atoms with E-state index in [1.807, 2.05) is 73.7 Å². The highest BCUT2D eigenvalue weighted by atomic mass is 16.5. The van der Waals surface area contributed by atoms with E-state index in [9.17, 15) is 4.79 Å². The summed E-state index contributed by atoms with van der Waals surface area (Å²) >= 11 is 0. The molecule has 0 fully saturated rings. The second kappa shape index (κ2) is 8.75. The average molecular weight is 393 g/mol. The van der Waals surface area contributed by atoms with E-state index in [1.54, 1.807) is 6.08 Å². The molecule has 0 unspecified atom stereocenters. The number of nitrogens with zero attached hydrogens (tertiary/aromatic N) is 1. The number of benzene rings is 3. The molecule has 1 aromatic heterocycles. The van der Waals surface area contributed by atoms with Crippen LogP contribution in [0.15, 0.2) is 91.5 Å². The minimum atomic E-state index is -0.0728. The molecule has 0 aliphatic rings. The van der Waals surface area contributed by atoms with E-state index in [0.717, 1.165) is 22.0 Å². The number of fused-ring (bicyclic) bond motifs is 1. The number of ketones is 1. The zero-order valence-electron chi connectivity index (χ0n) is 17.0. The minimum absolute atomic E-state index is 0.0728. The van der Waals surface area contributed by atoms with Crippen molar-refractivity contribution in [1.82, 2.24) is 4.98 Å². The van der Waals surface area contributed by atoms with Crippen LogP contribution < -0.4 is 4.74 Å². The average Bonchev–Trinajstić information content (AvgIpc) is 2.78. The van der Waals surface area contributed by atoms with Crippen molar-refractivity contribution < 1.29 is 9.53 Å². The summed E-state index contributed by atoms with van der Waals surface area (Å²) in [6.45, 7) is 5.93. The Hall–Kier alpha value is -3.72. The van der Waals surface area contributed by atoms with Gasteiger partial charge in [0, 0.05) is 10.9 Å². The van der Waals surface area contributed by atoms with Gasteiger partial charge in [-0.05, 0) is 36.6 Å². The molecule has 0 N–H and O–H groups in total. The van der Waals surface area contributed by atoms with Gasteiger partial charge in [-0.15, -0.1) is 0 Å². The summed E-state index contributed by atoms with van der Waals surface area (Å²) in [5, 5.41) is 0.828. The molecule has 0 aliphatic heterocycles. The number of rotatable bonds is 7. The topological polar surface area (TPSA) is 39.2 Å². The van der Waals surface area contributed by atoms with Crippen LogP contribution in [0.25, 0.3) is 10.9 Å². The van der Waals surface area contributed by atoms with Crippen LogP contribution in [0.5, 0.6) is 5.75 Å². The van der Waals surface area contributed by atoms with E-state index in [1.165, 1.54) is 0 Å². The van der Waals surface area contributed by atoms with Gasteiger partial charge >= 0.3 is 0 Å². The summed E-state index contributed by atoms with van der Waals surface area (Å²) in [6, 6.07) is 25.6. The van der Waals surface area contributed by atoms with Crippen molar-refractivity contribution >= 4 is 16.7 Å². The molecular weight excluding hydrogens is 370 g/mol. The van der Waals surface area contributed by atoms with Crippen molar-refractivity contribution in [1.29, 1.82) is 0 Å². The molecule has 0 saturated heterocycles. The highest BCUT2D eigenvalue weighted by molar-refractivity contribution is 6.14. The Morgan fingerprint density at radius 3 is 2.47 bits per heavy atom. The van der Waals surface area contributed by atoms with Crippen molar-refractivity contribution in [3.8, 4) is 5.75 Å². The summed E-state index contributed by atoms with van der Waals surface area (Å²) in [6.07, 6.45) is 2.37. The molecule has 0 amide bonds. The lowest BCUT2D eigenvalue weighted by Crippen LogP contribution is -2.12. The maximum Gasteiger partial charge on any atom is 0.198 e. The Bertz CT molecular complexity index is 1210. The van der Waals surface area contributed by atoms with Gasteiger partial charge in [0.15, 0.2) is 5.78 Å². The fourth-order valence-electron chi connectivity index (χ4n) is 3.70. The molecule has 3 aromatic carbocycles. The Balaban J connectivity index is 1.84. The summed E-state index contributed by atoms with van der Waals surface area (Å²) in [7, 11) is 0. The quantitative estimate of drug-likeness (QED) is 0.289. The molecular formula is C27H23NO2. The molecule has 0 bridgehead atoms. The lowest BCUT2D eigenvalue weighted by molar-refractivity contribution is 0.103. The molecule has 1 heterocycles. The molecule has 148 valence electrons. The standard InChI is InChI=1S/C27H23NO2/c1-3-17-30-27-23-15-9-10-16-24(23)28-19(2)25(27)26(29)22-14-8-7-13-21(22)18-20-11-5-4-6-12-20/h3-16H,1,17-18H2,2H3. The van der Waals surface area contributed by atoms with E-state index in [4.69, 9.17) is 4.74 Å². The molecule has 0 spiro atoms. The van der Waals surface area contributed by atoms with E-state index >= 15 is 0 Å². The summed E-state index contributed by atoms with van der Waals surface area (Å²) < 4.78 is 6.00. The number of hydrogen-bond donors (Lipinski definition) is 0. The molecule has 0 radical (unpaired) electrons. The van der Waals surface area contributed by atoms with Gasteiger partial charge in [0.2, 0.25) is 0 Å². The van der Waals surface area contributed by atoms with Gasteiger partial charge in [-0.1, -0.05) is 79.4 Å². The van der Waals surface area contributed by atoms with Crippen LogP contribution in [0.4, 0.5) is 0 Å². The Labute approximate surface area is 176 Å². The van der Waals surface area contributed by atoms with Crippen LogP contribution in [0.1, 0.15) is 32.7 Å². The third kappa shape index (κ3) is 3.87. The highest BCUT2D eigenvalue weighted by Crippen LogP contribution is 2.33. The third-order valence-corrected chi connectivity index (χ3v) is 5.10. The fraction of sp³-hybridized carbons (Fsp3) is 0.111. The largest absolute Gasteiger partial charge is 0.488 e. The molecule has 0 atom stereocenters. The van der Waals surface area contributed by atoms with Gasteiger partial charge in [-0.25, -0.2) is 0 Å². The van der Waals surface area contributed by atoms with Crippen LogP contribution >= 0.6 is 0 Å². The van der Waals surface area contributed by atoms with Crippen LogP contribution in [0.3, 0.4) is 0 Å². The second-order valence-electron chi connectivity index (χ2n) is 7.17. The molecule has 4 rings (SSSR count).